The van der Waals surface area contributed by atoms with E-state index in [1.165, 1.54) is 6.07 Å². The van der Waals surface area contributed by atoms with Crippen molar-refractivity contribution >= 4 is 27.2 Å². The van der Waals surface area contributed by atoms with Crippen molar-refractivity contribution in [3.63, 3.8) is 0 Å². The zero-order valence-corrected chi connectivity index (χ0v) is 13.0. The van der Waals surface area contributed by atoms with Crippen LogP contribution in [0.15, 0.2) is 29.2 Å². The smallest absolute Gasteiger partial charge is 0.240 e. The molecule has 7 heteroatoms. The predicted octanol–water partition coefficient (Wildman–Crippen LogP) is 0.693. The molecule has 0 bridgehead atoms. The second kappa shape index (κ2) is 6.17. The number of nitrogens with zero attached hydrogens (tertiary/aromatic N) is 1. The minimum absolute atomic E-state index is 0.00955. The number of hydrogen-bond acceptors (Lipinski definition) is 4. The summed E-state index contributed by atoms with van der Waals surface area (Å²) in [7, 11) is -1.48. The number of sulfonamides is 1. The number of hydrogen-bond donors (Lipinski definition) is 2. The van der Waals surface area contributed by atoms with Crippen molar-refractivity contribution in [2.24, 2.45) is 5.73 Å². The summed E-state index contributed by atoms with van der Waals surface area (Å²) in [4.78, 5) is 2.60. The molecular weight excluding hydrogens is 294 g/mol. The van der Waals surface area contributed by atoms with Crippen LogP contribution in [-0.4, -0.2) is 44.5 Å². The number of thiocarbonyl (C=S) groups is 1. The Hall–Kier alpha value is -1.02. The quantitative estimate of drug-likeness (QED) is 0.800. The molecule has 1 heterocycles. The number of nitrogens with one attached hydrogen (secondary N) is 1. The van der Waals surface area contributed by atoms with Crippen LogP contribution >= 0.6 is 12.2 Å². The lowest BCUT2D eigenvalue weighted by molar-refractivity contribution is 0.248. The van der Waals surface area contributed by atoms with E-state index in [-0.39, 0.29) is 15.9 Å². The number of likely N-dealkylation sites (tertiary alicyclic amines) is 1. The van der Waals surface area contributed by atoms with Gasteiger partial charge in [-0.2, -0.15) is 0 Å². The van der Waals surface area contributed by atoms with Crippen molar-refractivity contribution in [3.8, 4) is 0 Å². The van der Waals surface area contributed by atoms with Gasteiger partial charge >= 0.3 is 0 Å². The highest BCUT2D eigenvalue weighted by molar-refractivity contribution is 7.89. The summed E-state index contributed by atoms with van der Waals surface area (Å²) >= 11 is 4.88. The van der Waals surface area contributed by atoms with Crippen molar-refractivity contribution in [2.75, 3.05) is 20.1 Å². The second-order valence-corrected chi connectivity index (χ2v) is 7.24. The highest BCUT2D eigenvalue weighted by Crippen LogP contribution is 2.15. The fraction of sp³-hybridized carbons (Fsp3) is 0.462. The van der Waals surface area contributed by atoms with Crippen LogP contribution in [0, 0.1) is 0 Å². The van der Waals surface area contributed by atoms with Gasteiger partial charge in [0, 0.05) is 11.6 Å². The summed E-state index contributed by atoms with van der Waals surface area (Å²) in [5.74, 6) is 0. The van der Waals surface area contributed by atoms with E-state index >= 15 is 0 Å². The fourth-order valence-electron chi connectivity index (χ4n) is 2.23. The van der Waals surface area contributed by atoms with Crippen molar-refractivity contribution in [2.45, 2.75) is 23.8 Å². The molecule has 0 unspecified atom stereocenters. The molecule has 110 valence electrons. The van der Waals surface area contributed by atoms with Crippen LogP contribution in [0.5, 0.6) is 0 Å². The van der Waals surface area contributed by atoms with Crippen LogP contribution in [0.4, 0.5) is 0 Å². The normalized spacial score (nSPS) is 18.1. The topological polar surface area (TPSA) is 75.4 Å². The summed E-state index contributed by atoms with van der Waals surface area (Å²) in [6, 6.07) is 6.41. The predicted molar refractivity (Wildman–Crippen MR) is 83.2 cm³/mol. The molecule has 0 spiro atoms. The van der Waals surface area contributed by atoms with E-state index in [9.17, 15) is 8.42 Å². The highest BCUT2D eigenvalue weighted by Gasteiger charge is 2.23. The molecule has 0 atom stereocenters. The second-order valence-electron chi connectivity index (χ2n) is 5.09. The average molecular weight is 313 g/mol. The largest absolute Gasteiger partial charge is 0.389 e. The first-order chi connectivity index (χ1) is 9.38. The van der Waals surface area contributed by atoms with E-state index < -0.39 is 10.0 Å². The lowest BCUT2D eigenvalue weighted by atomic mass is 10.1. The van der Waals surface area contributed by atoms with Gasteiger partial charge in [-0.25, -0.2) is 13.1 Å². The SMILES string of the molecule is CN1CCC(NS(=O)(=O)c2cccc(C(N)=S)c2)CC1. The van der Waals surface area contributed by atoms with Crippen LogP contribution in [0.2, 0.25) is 0 Å². The molecule has 1 aromatic carbocycles. The monoisotopic (exact) mass is 313 g/mol. The Balaban J connectivity index is 2.14. The summed E-state index contributed by atoms with van der Waals surface area (Å²) in [5.41, 5.74) is 6.10. The molecule has 1 fully saturated rings. The number of nitrogens with two attached hydrogens (primary N) is 1. The summed E-state index contributed by atoms with van der Waals surface area (Å²) in [6.07, 6.45) is 1.65. The van der Waals surface area contributed by atoms with Crippen molar-refractivity contribution in [1.82, 2.24) is 9.62 Å². The standard InChI is InChI=1S/C13H19N3O2S2/c1-16-7-5-11(6-8-16)15-20(17,18)12-4-2-3-10(9-12)13(14)19/h2-4,9,11,15H,5-8H2,1H3,(H2,14,19). The Kier molecular flexibility index (Phi) is 4.74. The lowest BCUT2D eigenvalue weighted by Crippen LogP contribution is -2.43. The number of rotatable bonds is 4. The molecule has 0 saturated carbocycles. The first-order valence-corrected chi connectivity index (χ1v) is 8.38. The van der Waals surface area contributed by atoms with Crippen LogP contribution in [0.25, 0.3) is 0 Å². The average Bonchev–Trinajstić information content (AvgIpc) is 2.41. The van der Waals surface area contributed by atoms with Gasteiger partial charge in [-0.15, -0.1) is 0 Å². The van der Waals surface area contributed by atoms with E-state index in [0.717, 1.165) is 25.9 Å². The maximum atomic E-state index is 12.3. The zero-order valence-electron chi connectivity index (χ0n) is 11.4. The first kappa shape index (κ1) is 15.4. The Bertz CT molecular complexity index is 593. The molecule has 1 aliphatic rings. The first-order valence-electron chi connectivity index (χ1n) is 6.49. The summed E-state index contributed by atoms with van der Waals surface area (Å²) in [6.45, 7) is 1.81. The Morgan fingerprint density at radius 3 is 2.65 bits per heavy atom. The summed E-state index contributed by atoms with van der Waals surface area (Å²) < 4.78 is 27.5. The number of benzene rings is 1. The molecule has 5 nitrogen and oxygen atoms in total. The van der Waals surface area contributed by atoms with Crippen LogP contribution in [0.1, 0.15) is 18.4 Å². The van der Waals surface area contributed by atoms with Gasteiger partial charge in [0.25, 0.3) is 0 Å². The van der Waals surface area contributed by atoms with E-state index in [2.05, 4.69) is 9.62 Å². The Morgan fingerprint density at radius 1 is 1.40 bits per heavy atom. The molecule has 0 amide bonds. The van der Waals surface area contributed by atoms with E-state index in [1.807, 2.05) is 7.05 Å². The van der Waals surface area contributed by atoms with Gasteiger partial charge < -0.3 is 10.6 Å². The van der Waals surface area contributed by atoms with E-state index in [4.69, 9.17) is 18.0 Å². The van der Waals surface area contributed by atoms with Gasteiger partial charge in [-0.05, 0) is 45.1 Å². The fourth-order valence-corrected chi connectivity index (χ4v) is 3.71. The van der Waals surface area contributed by atoms with Gasteiger partial charge in [-0.3, -0.25) is 0 Å². The third-order valence-corrected chi connectivity index (χ3v) is 5.22. The van der Waals surface area contributed by atoms with Gasteiger partial charge in [-0.1, -0.05) is 24.4 Å². The Labute approximate surface area is 125 Å². The minimum Gasteiger partial charge on any atom is -0.389 e. The summed E-state index contributed by atoms with van der Waals surface area (Å²) in [5, 5.41) is 0. The van der Waals surface area contributed by atoms with Crippen molar-refractivity contribution in [3.05, 3.63) is 29.8 Å². The molecule has 0 radical (unpaired) electrons. The van der Waals surface area contributed by atoms with Gasteiger partial charge in [0.15, 0.2) is 0 Å². The zero-order chi connectivity index (χ0) is 14.8. The molecule has 2 rings (SSSR count). The number of piperidine rings is 1. The highest BCUT2D eigenvalue weighted by atomic mass is 32.2. The molecule has 0 aliphatic carbocycles. The molecule has 1 aliphatic heterocycles. The van der Waals surface area contributed by atoms with Gasteiger partial charge in [0.2, 0.25) is 10.0 Å². The third-order valence-electron chi connectivity index (χ3n) is 3.47. The van der Waals surface area contributed by atoms with Crippen LogP contribution < -0.4 is 10.5 Å². The van der Waals surface area contributed by atoms with Gasteiger partial charge in [0.1, 0.15) is 4.99 Å². The van der Waals surface area contributed by atoms with Crippen molar-refractivity contribution < 1.29 is 8.42 Å². The molecule has 1 saturated heterocycles. The lowest BCUT2D eigenvalue weighted by Gasteiger charge is -2.29. The molecule has 1 aromatic rings. The van der Waals surface area contributed by atoms with Crippen LogP contribution in [-0.2, 0) is 10.0 Å². The van der Waals surface area contributed by atoms with Crippen molar-refractivity contribution in [1.29, 1.82) is 0 Å². The molecule has 0 aromatic heterocycles. The molecule has 20 heavy (non-hydrogen) atoms. The maximum Gasteiger partial charge on any atom is 0.240 e. The van der Waals surface area contributed by atoms with Crippen LogP contribution in [0.3, 0.4) is 0 Å². The maximum absolute atomic E-state index is 12.3. The third kappa shape index (κ3) is 3.76. The molecular formula is C13H19N3O2S2. The minimum atomic E-state index is -3.52. The molecule has 3 N–H and O–H groups in total. The Morgan fingerprint density at radius 2 is 2.05 bits per heavy atom. The van der Waals surface area contributed by atoms with E-state index in [1.54, 1.807) is 18.2 Å². The van der Waals surface area contributed by atoms with E-state index in [0.29, 0.717) is 5.56 Å². The van der Waals surface area contributed by atoms with Gasteiger partial charge in [0.05, 0.1) is 4.90 Å².